The molecule has 1 aromatic heterocycles. The molecular weight excluding hydrogens is 252 g/mol. The summed E-state index contributed by atoms with van der Waals surface area (Å²) in [6.45, 7) is 7.18. The van der Waals surface area contributed by atoms with Crippen molar-refractivity contribution in [3.05, 3.63) is 11.8 Å². The van der Waals surface area contributed by atoms with Crippen molar-refractivity contribution in [2.24, 2.45) is 0 Å². The largest absolute Gasteiger partial charge is 0.462 e. The first-order valence-electron chi connectivity index (χ1n) is 5.79. The van der Waals surface area contributed by atoms with Gasteiger partial charge in [0.05, 0.1) is 12.8 Å². The molecule has 19 heavy (non-hydrogen) atoms. The van der Waals surface area contributed by atoms with E-state index in [1.807, 2.05) is 0 Å². The van der Waals surface area contributed by atoms with Crippen LogP contribution >= 0.6 is 0 Å². The maximum Gasteiger partial charge on any atom is 0.426 e. The number of ether oxygens (including phenoxy) is 2. The number of nitrogens with one attached hydrogen (secondary N) is 3. The third-order valence-corrected chi connectivity index (χ3v) is 1.82. The van der Waals surface area contributed by atoms with Gasteiger partial charge >= 0.3 is 12.1 Å². The van der Waals surface area contributed by atoms with Crippen LogP contribution in [-0.2, 0) is 9.47 Å². The summed E-state index contributed by atoms with van der Waals surface area (Å²) in [7, 11) is 0. The molecule has 8 nitrogen and oxygen atoms in total. The number of anilines is 1. The Morgan fingerprint density at radius 1 is 1.42 bits per heavy atom. The molecule has 106 valence electrons. The van der Waals surface area contributed by atoms with Crippen LogP contribution in [0.3, 0.4) is 0 Å². The summed E-state index contributed by atoms with van der Waals surface area (Å²) in [6, 6.07) is 0. The van der Waals surface area contributed by atoms with E-state index >= 15 is 0 Å². The molecule has 1 aromatic rings. The van der Waals surface area contributed by atoms with Crippen LogP contribution < -0.4 is 10.9 Å². The Hall–Kier alpha value is -2.25. The lowest BCUT2D eigenvalue weighted by molar-refractivity contribution is 0.0515. The lowest BCUT2D eigenvalue weighted by Gasteiger charge is -2.19. The summed E-state index contributed by atoms with van der Waals surface area (Å²) in [5.41, 5.74) is 4.39. The highest BCUT2D eigenvalue weighted by Gasteiger charge is 2.18. The maximum absolute atomic E-state index is 11.5. The minimum atomic E-state index is -0.670. The van der Waals surface area contributed by atoms with Gasteiger partial charge in [-0.25, -0.2) is 15.0 Å². The number of esters is 1. The molecule has 0 bridgehead atoms. The van der Waals surface area contributed by atoms with Gasteiger partial charge in [0.2, 0.25) is 0 Å². The van der Waals surface area contributed by atoms with Crippen LogP contribution in [0.2, 0.25) is 0 Å². The lowest BCUT2D eigenvalue weighted by atomic mass is 10.2. The standard InChI is InChI=1S/C11H18N4O4/c1-5-18-9(16)7-6-12-13-8(7)14-15-10(17)19-11(2,3)4/h6H,5H2,1-4H3,(H,15,17)(H2,12,13,14). The van der Waals surface area contributed by atoms with Crippen molar-refractivity contribution in [1.82, 2.24) is 15.6 Å². The Labute approximate surface area is 110 Å². The number of hydrogen-bond donors (Lipinski definition) is 3. The molecule has 3 N–H and O–H groups in total. The van der Waals surface area contributed by atoms with E-state index in [0.717, 1.165) is 0 Å². The molecule has 0 radical (unpaired) electrons. The molecule has 1 amide bonds. The second-order valence-electron chi connectivity index (χ2n) is 4.63. The molecule has 0 aromatic carbocycles. The lowest BCUT2D eigenvalue weighted by Crippen LogP contribution is -2.36. The molecule has 0 fully saturated rings. The number of amides is 1. The Morgan fingerprint density at radius 3 is 2.68 bits per heavy atom. The molecular formula is C11H18N4O4. The van der Waals surface area contributed by atoms with E-state index < -0.39 is 17.7 Å². The van der Waals surface area contributed by atoms with Crippen LogP contribution in [0, 0.1) is 0 Å². The number of nitrogens with zero attached hydrogens (tertiary/aromatic N) is 1. The minimum absolute atomic E-state index is 0.193. The Morgan fingerprint density at radius 2 is 2.11 bits per heavy atom. The fourth-order valence-corrected chi connectivity index (χ4v) is 1.16. The molecule has 0 unspecified atom stereocenters. The van der Waals surface area contributed by atoms with E-state index in [-0.39, 0.29) is 18.0 Å². The van der Waals surface area contributed by atoms with Crippen molar-refractivity contribution in [2.75, 3.05) is 12.0 Å². The zero-order valence-electron chi connectivity index (χ0n) is 11.4. The SMILES string of the molecule is CCOC(=O)c1cn[nH]c1NNC(=O)OC(C)(C)C. The van der Waals surface area contributed by atoms with E-state index in [1.165, 1.54) is 6.20 Å². The Kier molecular flexibility index (Phi) is 4.74. The number of hydrazine groups is 1. The predicted octanol–water partition coefficient (Wildman–Crippen LogP) is 1.44. The van der Waals surface area contributed by atoms with Crippen LogP contribution in [0.25, 0.3) is 0 Å². The van der Waals surface area contributed by atoms with Gasteiger partial charge in [0, 0.05) is 0 Å². The number of aromatic nitrogens is 2. The van der Waals surface area contributed by atoms with Gasteiger partial charge in [-0.3, -0.25) is 10.5 Å². The second-order valence-corrected chi connectivity index (χ2v) is 4.63. The molecule has 0 atom stereocenters. The first-order chi connectivity index (χ1) is 8.83. The monoisotopic (exact) mass is 270 g/mol. The number of aromatic amines is 1. The second kappa shape index (κ2) is 6.07. The van der Waals surface area contributed by atoms with Crippen molar-refractivity contribution < 1.29 is 19.1 Å². The van der Waals surface area contributed by atoms with Gasteiger partial charge < -0.3 is 9.47 Å². The summed E-state index contributed by atoms with van der Waals surface area (Å²) in [5.74, 6) is -0.311. The first kappa shape index (κ1) is 14.8. The van der Waals surface area contributed by atoms with Gasteiger partial charge in [-0.1, -0.05) is 0 Å². The first-order valence-corrected chi connectivity index (χ1v) is 5.79. The van der Waals surface area contributed by atoms with E-state index in [2.05, 4.69) is 21.0 Å². The average molecular weight is 270 g/mol. The van der Waals surface area contributed by atoms with E-state index in [4.69, 9.17) is 9.47 Å². The van der Waals surface area contributed by atoms with Crippen LogP contribution in [-0.4, -0.2) is 34.5 Å². The van der Waals surface area contributed by atoms with Gasteiger partial charge in [0.1, 0.15) is 11.2 Å². The minimum Gasteiger partial charge on any atom is -0.462 e. The number of carbonyl (C=O) groups is 2. The summed E-state index contributed by atoms with van der Waals surface area (Å²) in [5, 5.41) is 6.23. The fraction of sp³-hybridized carbons (Fsp3) is 0.545. The van der Waals surface area contributed by atoms with Crippen molar-refractivity contribution >= 4 is 17.9 Å². The smallest absolute Gasteiger partial charge is 0.426 e. The van der Waals surface area contributed by atoms with Crippen LogP contribution in [0.1, 0.15) is 38.1 Å². The van der Waals surface area contributed by atoms with Crippen molar-refractivity contribution in [2.45, 2.75) is 33.3 Å². The highest BCUT2D eigenvalue weighted by molar-refractivity contribution is 5.94. The molecule has 8 heteroatoms. The van der Waals surface area contributed by atoms with E-state index in [1.54, 1.807) is 27.7 Å². The van der Waals surface area contributed by atoms with Crippen LogP contribution in [0.5, 0.6) is 0 Å². The third-order valence-electron chi connectivity index (χ3n) is 1.82. The molecule has 0 saturated heterocycles. The maximum atomic E-state index is 11.5. The predicted molar refractivity (Wildman–Crippen MR) is 67.5 cm³/mol. The zero-order chi connectivity index (χ0) is 14.5. The summed E-state index contributed by atoms with van der Waals surface area (Å²) < 4.78 is 9.85. The highest BCUT2D eigenvalue weighted by Crippen LogP contribution is 2.11. The van der Waals surface area contributed by atoms with Gasteiger partial charge in [0.25, 0.3) is 0 Å². The van der Waals surface area contributed by atoms with Gasteiger partial charge in [-0.15, -0.1) is 0 Å². The summed E-state index contributed by atoms with van der Waals surface area (Å²) in [4.78, 5) is 22.9. The summed E-state index contributed by atoms with van der Waals surface area (Å²) in [6.07, 6.45) is 0.633. The molecule has 0 saturated carbocycles. The van der Waals surface area contributed by atoms with Crippen molar-refractivity contribution in [3.63, 3.8) is 0 Å². The zero-order valence-corrected chi connectivity index (χ0v) is 11.4. The van der Waals surface area contributed by atoms with Gasteiger partial charge in [0.15, 0.2) is 5.82 Å². The summed E-state index contributed by atoms with van der Waals surface area (Å²) >= 11 is 0. The number of rotatable bonds is 4. The average Bonchev–Trinajstić information content (AvgIpc) is 2.72. The number of carbonyl (C=O) groups excluding carboxylic acids is 2. The molecule has 0 aliphatic heterocycles. The molecule has 0 aliphatic carbocycles. The quantitative estimate of drug-likeness (QED) is 0.564. The van der Waals surface area contributed by atoms with Crippen molar-refractivity contribution in [1.29, 1.82) is 0 Å². The van der Waals surface area contributed by atoms with Gasteiger partial charge in [-0.05, 0) is 27.7 Å². The Balaban J connectivity index is 2.57. The fourth-order valence-electron chi connectivity index (χ4n) is 1.16. The van der Waals surface area contributed by atoms with Crippen LogP contribution in [0.4, 0.5) is 10.6 Å². The highest BCUT2D eigenvalue weighted by atomic mass is 16.6. The van der Waals surface area contributed by atoms with E-state index in [0.29, 0.717) is 0 Å². The molecule has 0 spiro atoms. The van der Waals surface area contributed by atoms with Gasteiger partial charge in [-0.2, -0.15) is 5.10 Å². The Bertz CT molecular complexity index is 450. The third kappa shape index (κ3) is 4.86. The number of H-pyrrole nitrogens is 1. The topological polar surface area (TPSA) is 105 Å². The molecule has 1 heterocycles. The normalized spacial score (nSPS) is 10.7. The van der Waals surface area contributed by atoms with E-state index in [9.17, 15) is 9.59 Å². The molecule has 1 rings (SSSR count). The van der Waals surface area contributed by atoms with Crippen LogP contribution in [0.15, 0.2) is 6.20 Å². The molecule has 0 aliphatic rings. The van der Waals surface area contributed by atoms with Crippen molar-refractivity contribution in [3.8, 4) is 0 Å². The number of hydrogen-bond acceptors (Lipinski definition) is 6.